The first-order chi connectivity index (χ1) is 7.22. The summed E-state index contributed by atoms with van der Waals surface area (Å²) in [4.78, 5) is 0. The molecule has 0 spiro atoms. The van der Waals surface area contributed by atoms with Crippen LogP contribution in [0.15, 0.2) is 0 Å². The summed E-state index contributed by atoms with van der Waals surface area (Å²) in [5, 5.41) is 0. The van der Waals surface area contributed by atoms with Crippen molar-refractivity contribution in [2.75, 3.05) is 6.54 Å². The molecule has 0 radical (unpaired) electrons. The molecule has 0 aromatic rings. The summed E-state index contributed by atoms with van der Waals surface area (Å²) >= 11 is 0. The minimum absolute atomic E-state index is 0.813. The molecule has 0 heterocycles. The monoisotopic (exact) mass is 211 g/mol. The van der Waals surface area contributed by atoms with Gasteiger partial charge in [-0.3, -0.25) is 0 Å². The largest absolute Gasteiger partial charge is 0.330 e. The number of nitrogens with two attached hydrogens (primary N) is 1. The lowest BCUT2D eigenvalue weighted by molar-refractivity contribution is 0.125. The third-order valence-corrected chi connectivity index (χ3v) is 4.53. The van der Waals surface area contributed by atoms with Crippen molar-refractivity contribution in [1.82, 2.24) is 0 Å². The Morgan fingerprint density at radius 1 is 1.27 bits per heavy atom. The Labute approximate surface area is 95.8 Å². The van der Waals surface area contributed by atoms with Crippen molar-refractivity contribution in [1.29, 1.82) is 0 Å². The topological polar surface area (TPSA) is 26.0 Å². The van der Waals surface area contributed by atoms with Gasteiger partial charge in [-0.25, -0.2) is 0 Å². The van der Waals surface area contributed by atoms with E-state index in [4.69, 9.17) is 5.73 Å². The standard InChI is InChI=1S/C14H29N/c1-4-6-12-7-8-13(10-15)14(9-12)11(3)5-2/h11-14H,4-10,15H2,1-3H3. The second kappa shape index (κ2) is 6.52. The third-order valence-electron chi connectivity index (χ3n) is 4.53. The van der Waals surface area contributed by atoms with Gasteiger partial charge in [0.2, 0.25) is 0 Å². The van der Waals surface area contributed by atoms with Crippen LogP contribution in [0.4, 0.5) is 0 Å². The van der Waals surface area contributed by atoms with Crippen molar-refractivity contribution in [3.8, 4) is 0 Å². The van der Waals surface area contributed by atoms with Crippen molar-refractivity contribution >= 4 is 0 Å². The predicted octanol–water partition coefficient (Wildman–Crippen LogP) is 3.82. The normalized spacial score (nSPS) is 34.0. The third kappa shape index (κ3) is 3.48. The van der Waals surface area contributed by atoms with E-state index >= 15 is 0 Å². The van der Waals surface area contributed by atoms with E-state index in [1.54, 1.807) is 0 Å². The molecular weight excluding hydrogens is 182 g/mol. The Morgan fingerprint density at radius 3 is 2.53 bits per heavy atom. The van der Waals surface area contributed by atoms with Gasteiger partial charge in [-0.15, -0.1) is 0 Å². The Hall–Kier alpha value is -0.0400. The van der Waals surface area contributed by atoms with E-state index in [2.05, 4.69) is 20.8 Å². The predicted molar refractivity (Wildman–Crippen MR) is 67.7 cm³/mol. The fourth-order valence-electron chi connectivity index (χ4n) is 3.32. The maximum absolute atomic E-state index is 5.91. The molecule has 2 N–H and O–H groups in total. The second-order valence-corrected chi connectivity index (χ2v) is 5.51. The lowest BCUT2D eigenvalue weighted by Crippen LogP contribution is -2.34. The van der Waals surface area contributed by atoms with Gasteiger partial charge in [-0.2, -0.15) is 0 Å². The summed E-state index contributed by atoms with van der Waals surface area (Å²) < 4.78 is 0. The van der Waals surface area contributed by atoms with Crippen LogP contribution in [0.3, 0.4) is 0 Å². The Bertz CT molecular complexity index is 167. The summed E-state index contributed by atoms with van der Waals surface area (Å²) in [7, 11) is 0. The van der Waals surface area contributed by atoms with E-state index < -0.39 is 0 Å². The number of hydrogen-bond acceptors (Lipinski definition) is 1. The summed E-state index contributed by atoms with van der Waals surface area (Å²) in [5.41, 5.74) is 5.91. The van der Waals surface area contributed by atoms with Gasteiger partial charge >= 0.3 is 0 Å². The Kier molecular flexibility index (Phi) is 5.66. The molecule has 1 fully saturated rings. The molecule has 0 saturated heterocycles. The molecule has 1 nitrogen and oxygen atoms in total. The van der Waals surface area contributed by atoms with E-state index in [-0.39, 0.29) is 0 Å². The van der Waals surface area contributed by atoms with E-state index in [9.17, 15) is 0 Å². The summed E-state index contributed by atoms with van der Waals surface area (Å²) in [6.07, 6.45) is 8.37. The molecular formula is C14H29N. The van der Waals surface area contributed by atoms with Gasteiger partial charge in [0.25, 0.3) is 0 Å². The zero-order valence-electron chi connectivity index (χ0n) is 10.8. The zero-order valence-corrected chi connectivity index (χ0v) is 10.8. The average molecular weight is 211 g/mol. The van der Waals surface area contributed by atoms with Crippen LogP contribution < -0.4 is 5.73 Å². The van der Waals surface area contributed by atoms with Crippen molar-refractivity contribution < 1.29 is 0 Å². The lowest BCUT2D eigenvalue weighted by Gasteiger charge is -2.39. The molecule has 4 unspecified atom stereocenters. The van der Waals surface area contributed by atoms with Crippen molar-refractivity contribution in [3.63, 3.8) is 0 Å². The molecule has 1 aliphatic carbocycles. The van der Waals surface area contributed by atoms with Gasteiger partial charge in [0.15, 0.2) is 0 Å². The second-order valence-electron chi connectivity index (χ2n) is 5.51. The quantitative estimate of drug-likeness (QED) is 0.735. The Balaban J connectivity index is 2.52. The van der Waals surface area contributed by atoms with Gasteiger partial charge in [0, 0.05) is 0 Å². The van der Waals surface area contributed by atoms with Gasteiger partial charge < -0.3 is 5.73 Å². The van der Waals surface area contributed by atoms with Gasteiger partial charge in [-0.05, 0) is 43.1 Å². The molecule has 90 valence electrons. The van der Waals surface area contributed by atoms with Crippen LogP contribution in [-0.2, 0) is 0 Å². The fourth-order valence-corrected chi connectivity index (χ4v) is 3.32. The van der Waals surface area contributed by atoms with Crippen molar-refractivity contribution in [2.45, 2.75) is 59.3 Å². The van der Waals surface area contributed by atoms with Crippen molar-refractivity contribution in [2.24, 2.45) is 29.4 Å². The van der Waals surface area contributed by atoms with Gasteiger partial charge in [-0.1, -0.05) is 46.5 Å². The highest BCUT2D eigenvalue weighted by molar-refractivity contribution is 4.83. The fraction of sp³-hybridized carbons (Fsp3) is 1.00. The first kappa shape index (κ1) is 13.0. The van der Waals surface area contributed by atoms with Crippen LogP contribution in [0.5, 0.6) is 0 Å². The van der Waals surface area contributed by atoms with E-state index in [1.165, 1.54) is 38.5 Å². The highest BCUT2D eigenvalue weighted by atomic mass is 14.6. The van der Waals surface area contributed by atoms with Crippen LogP contribution in [0.25, 0.3) is 0 Å². The van der Waals surface area contributed by atoms with Crippen LogP contribution >= 0.6 is 0 Å². The van der Waals surface area contributed by atoms with Crippen LogP contribution in [0.1, 0.15) is 59.3 Å². The molecule has 15 heavy (non-hydrogen) atoms. The van der Waals surface area contributed by atoms with Crippen molar-refractivity contribution in [3.05, 3.63) is 0 Å². The molecule has 0 amide bonds. The summed E-state index contributed by atoms with van der Waals surface area (Å²) in [6, 6.07) is 0. The SMILES string of the molecule is CCCC1CCC(CN)C(C(C)CC)C1. The first-order valence-electron chi connectivity index (χ1n) is 6.92. The van der Waals surface area contributed by atoms with E-state index in [0.717, 1.165) is 30.2 Å². The summed E-state index contributed by atoms with van der Waals surface area (Å²) in [5.74, 6) is 3.59. The maximum atomic E-state index is 5.91. The molecule has 0 aromatic carbocycles. The molecule has 1 saturated carbocycles. The van der Waals surface area contributed by atoms with E-state index in [1.807, 2.05) is 0 Å². The molecule has 0 bridgehead atoms. The smallest absolute Gasteiger partial charge is 0.00461 e. The number of rotatable bonds is 5. The van der Waals surface area contributed by atoms with E-state index in [0.29, 0.717) is 0 Å². The van der Waals surface area contributed by atoms with Crippen LogP contribution in [-0.4, -0.2) is 6.54 Å². The highest BCUT2D eigenvalue weighted by Crippen LogP contribution is 2.40. The van der Waals surface area contributed by atoms with Gasteiger partial charge in [0.05, 0.1) is 0 Å². The zero-order chi connectivity index (χ0) is 11.3. The molecule has 4 atom stereocenters. The highest BCUT2D eigenvalue weighted by Gasteiger charge is 2.31. The van der Waals surface area contributed by atoms with Crippen LogP contribution in [0.2, 0.25) is 0 Å². The number of hydrogen-bond donors (Lipinski definition) is 1. The molecule has 1 rings (SSSR count). The minimum atomic E-state index is 0.813. The molecule has 1 aliphatic rings. The lowest BCUT2D eigenvalue weighted by atomic mass is 9.67. The Morgan fingerprint density at radius 2 is 2.00 bits per heavy atom. The summed E-state index contributed by atoms with van der Waals surface area (Å²) in [6.45, 7) is 7.96. The van der Waals surface area contributed by atoms with Gasteiger partial charge in [0.1, 0.15) is 0 Å². The minimum Gasteiger partial charge on any atom is -0.330 e. The van der Waals surface area contributed by atoms with Crippen LogP contribution in [0, 0.1) is 23.7 Å². The average Bonchev–Trinajstić information content (AvgIpc) is 2.28. The maximum Gasteiger partial charge on any atom is -0.00461 e. The molecule has 0 aliphatic heterocycles. The molecule has 0 aromatic heterocycles. The molecule has 1 heteroatoms. The first-order valence-corrected chi connectivity index (χ1v) is 6.92.